The van der Waals surface area contributed by atoms with Crippen molar-refractivity contribution in [2.75, 3.05) is 13.2 Å². The van der Waals surface area contributed by atoms with E-state index in [2.05, 4.69) is 58.8 Å². The van der Waals surface area contributed by atoms with Gasteiger partial charge in [-0.15, -0.1) is 0 Å². The van der Waals surface area contributed by atoms with Crippen molar-refractivity contribution in [1.82, 2.24) is 5.32 Å². The summed E-state index contributed by atoms with van der Waals surface area (Å²) >= 11 is 0. The normalized spacial score (nSPS) is 17.2. The molecule has 0 amide bonds. The first-order valence-corrected chi connectivity index (χ1v) is 7.51. The molecule has 4 rings (SSSR count). The average molecular weight is 278 g/mol. The minimum absolute atomic E-state index is 0.122. The van der Waals surface area contributed by atoms with Gasteiger partial charge in [0.2, 0.25) is 0 Å². The Morgan fingerprint density at radius 3 is 2.10 bits per heavy atom. The van der Waals surface area contributed by atoms with Gasteiger partial charge in [0, 0.05) is 0 Å². The minimum Gasteiger partial charge on any atom is -0.463 e. The zero-order chi connectivity index (χ0) is 14.1. The predicted molar refractivity (Wildman–Crippen MR) is 83.5 cm³/mol. The molecule has 1 aliphatic heterocycles. The van der Waals surface area contributed by atoms with Crippen LogP contribution in [0, 0.1) is 0 Å². The van der Waals surface area contributed by atoms with Crippen LogP contribution in [0.1, 0.15) is 28.3 Å². The van der Waals surface area contributed by atoms with E-state index >= 15 is 0 Å². The summed E-state index contributed by atoms with van der Waals surface area (Å²) in [4.78, 5) is 4.39. The molecule has 1 aliphatic carbocycles. The molecule has 0 unspecified atom stereocenters. The molecule has 3 nitrogen and oxygen atoms in total. The van der Waals surface area contributed by atoms with Crippen molar-refractivity contribution in [3.8, 4) is 0 Å². The first-order valence-electron chi connectivity index (χ1n) is 7.51. The molecular formula is C18H18N2O. The Hall–Kier alpha value is -2.29. The number of nitrogens with one attached hydrogen (secondary N) is 1. The van der Waals surface area contributed by atoms with Crippen molar-refractivity contribution in [1.29, 1.82) is 0 Å². The molecule has 0 saturated heterocycles. The van der Waals surface area contributed by atoms with E-state index < -0.39 is 0 Å². The Morgan fingerprint density at radius 2 is 1.52 bits per heavy atom. The van der Waals surface area contributed by atoms with Crippen molar-refractivity contribution in [3.05, 3.63) is 70.8 Å². The van der Waals surface area contributed by atoms with E-state index in [1.807, 2.05) is 0 Å². The summed E-state index contributed by atoms with van der Waals surface area (Å²) in [6.45, 7) is 1.43. The Labute approximate surface area is 124 Å². The highest BCUT2D eigenvalue weighted by molar-refractivity contribution is 5.76. The van der Waals surface area contributed by atoms with Gasteiger partial charge >= 0.3 is 0 Å². The summed E-state index contributed by atoms with van der Waals surface area (Å²) < 4.78 is 5.57. The quantitative estimate of drug-likeness (QED) is 0.870. The summed E-state index contributed by atoms with van der Waals surface area (Å²) in [5, 5.41) is 3.50. The smallest absolute Gasteiger partial charge is 0.285 e. The Balaban J connectivity index is 1.81. The molecule has 21 heavy (non-hydrogen) atoms. The summed E-state index contributed by atoms with van der Waals surface area (Å²) in [6.07, 6.45) is 2.16. The molecule has 2 aromatic rings. The van der Waals surface area contributed by atoms with E-state index in [0.717, 1.165) is 19.4 Å². The van der Waals surface area contributed by atoms with E-state index in [1.165, 1.54) is 22.3 Å². The second kappa shape index (κ2) is 5.24. The number of aliphatic imine (C=N–C) groups is 1. The van der Waals surface area contributed by atoms with E-state index in [-0.39, 0.29) is 6.04 Å². The number of hydrogen-bond donors (Lipinski definition) is 1. The van der Waals surface area contributed by atoms with Gasteiger partial charge < -0.3 is 10.1 Å². The van der Waals surface area contributed by atoms with Crippen LogP contribution < -0.4 is 5.32 Å². The van der Waals surface area contributed by atoms with E-state index in [4.69, 9.17) is 4.74 Å². The third-order valence-corrected chi connectivity index (χ3v) is 4.25. The monoisotopic (exact) mass is 278 g/mol. The van der Waals surface area contributed by atoms with Gasteiger partial charge in [-0.05, 0) is 35.1 Å². The Kier molecular flexibility index (Phi) is 3.11. The maximum atomic E-state index is 5.57. The molecule has 0 fully saturated rings. The van der Waals surface area contributed by atoms with Gasteiger partial charge in [-0.25, -0.2) is 4.99 Å². The van der Waals surface area contributed by atoms with Crippen LogP contribution in [-0.2, 0) is 17.6 Å². The lowest BCUT2D eigenvalue weighted by atomic mass is 9.95. The number of rotatable bonds is 1. The summed E-state index contributed by atoms with van der Waals surface area (Å²) in [6, 6.07) is 18.1. The summed E-state index contributed by atoms with van der Waals surface area (Å²) in [5.74, 6) is 0. The Morgan fingerprint density at radius 1 is 0.905 bits per heavy atom. The third kappa shape index (κ3) is 2.29. The molecule has 0 spiro atoms. The van der Waals surface area contributed by atoms with Crippen LogP contribution in [0.5, 0.6) is 0 Å². The highest BCUT2D eigenvalue weighted by Gasteiger charge is 2.25. The van der Waals surface area contributed by atoms with Gasteiger partial charge in [0.1, 0.15) is 6.61 Å². The van der Waals surface area contributed by atoms with Crippen molar-refractivity contribution in [2.24, 2.45) is 4.99 Å². The van der Waals surface area contributed by atoms with Gasteiger partial charge in [-0.3, -0.25) is 0 Å². The highest BCUT2D eigenvalue weighted by atomic mass is 16.5. The Bertz CT molecular complexity index is 646. The predicted octanol–water partition coefficient (Wildman–Crippen LogP) is 2.85. The van der Waals surface area contributed by atoms with Gasteiger partial charge in [-0.1, -0.05) is 48.5 Å². The molecular weight excluding hydrogens is 260 g/mol. The lowest BCUT2D eigenvalue weighted by Gasteiger charge is -2.22. The van der Waals surface area contributed by atoms with Crippen molar-refractivity contribution < 1.29 is 4.74 Å². The molecule has 106 valence electrons. The van der Waals surface area contributed by atoms with Gasteiger partial charge in [0.15, 0.2) is 0 Å². The maximum absolute atomic E-state index is 5.57. The van der Waals surface area contributed by atoms with E-state index in [0.29, 0.717) is 12.6 Å². The van der Waals surface area contributed by atoms with Crippen LogP contribution in [0.3, 0.4) is 0 Å². The van der Waals surface area contributed by atoms with Crippen LogP contribution in [0.15, 0.2) is 53.5 Å². The molecule has 1 N–H and O–H groups in total. The molecule has 0 radical (unpaired) electrons. The largest absolute Gasteiger partial charge is 0.463 e. The minimum atomic E-state index is 0.122. The molecule has 0 bridgehead atoms. The summed E-state index contributed by atoms with van der Waals surface area (Å²) in [7, 11) is 0. The van der Waals surface area contributed by atoms with E-state index in [9.17, 15) is 0 Å². The standard InChI is InChI=1S/C18H18N2O/c1-3-7-15-13(5-1)9-10-14-6-2-4-8-16(14)17(15)20-18-19-11-12-21-18/h1-8,17H,9-12H2,(H,19,20). The SMILES string of the molecule is c1ccc2c(c1)CCc1ccccc1C2NC1=NCCO1. The first-order chi connectivity index (χ1) is 10.4. The van der Waals surface area contributed by atoms with Gasteiger partial charge in [0.25, 0.3) is 6.02 Å². The first kappa shape index (κ1) is 12.5. The molecule has 2 aliphatic rings. The summed E-state index contributed by atoms with van der Waals surface area (Å²) in [5.41, 5.74) is 5.48. The maximum Gasteiger partial charge on any atom is 0.285 e. The average Bonchev–Trinajstić information content (AvgIpc) is 2.99. The highest BCUT2D eigenvalue weighted by Crippen LogP contribution is 2.32. The lowest BCUT2D eigenvalue weighted by Crippen LogP contribution is -2.30. The number of hydrogen-bond acceptors (Lipinski definition) is 3. The number of aryl methyl sites for hydroxylation is 2. The molecule has 3 heteroatoms. The fourth-order valence-electron chi connectivity index (χ4n) is 3.23. The van der Waals surface area contributed by atoms with Crippen LogP contribution in [0.25, 0.3) is 0 Å². The second-order valence-electron chi connectivity index (χ2n) is 5.51. The van der Waals surface area contributed by atoms with Crippen LogP contribution >= 0.6 is 0 Å². The molecule has 1 heterocycles. The third-order valence-electron chi connectivity index (χ3n) is 4.25. The van der Waals surface area contributed by atoms with Gasteiger partial charge in [0.05, 0.1) is 12.6 Å². The number of benzene rings is 2. The van der Waals surface area contributed by atoms with Crippen molar-refractivity contribution in [2.45, 2.75) is 18.9 Å². The van der Waals surface area contributed by atoms with Crippen molar-refractivity contribution >= 4 is 6.02 Å². The number of fused-ring (bicyclic) bond motifs is 2. The van der Waals surface area contributed by atoms with Crippen molar-refractivity contribution in [3.63, 3.8) is 0 Å². The topological polar surface area (TPSA) is 33.6 Å². The lowest BCUT2D eigenvalue weighted by molar-refractivity contribution is 0.328. The molecule has 0 atom stereocenters. The van der Waals surface area contributed by atoms with E-state index in [1.54, 1.807) is 0 Å². The molecule has 2 aromatic carbocycles. The molecule has 0 aromatic heterocycles. The van der Waals surface area contributed by atoms with Crippen LogP contribution in [0.4, 0.5) is 0 Å². The van der Waals surface area contributed by atoms with Crippen LogP contribution in [-0.4, -0.2) is 19.2 Å². The zero-order valence-electron chi connectivity index (χ0n) is 11.9. The molecule has 0 saturated carbocycles. The number of ether oxygens (including phenoxy) is 1. The number of nitrogens with zero attached hydrogens (tertiary/aromatic N) is 1. The number of amidine groups is 1. The fourth-order valence-corrected chi connectivity index (χ4v) is 3.23. The fraction of sp³-hybridized carbons (Fsp3) is 0.278. The zero-order valence-corrected chi connectivity index (χ0v) is 11.9. The second-order valence-corrected chi connectivity index (χ2v) is 5.51. The van der Waals surface area contributed by atoms with Gasteiger partial charge in [-0.2, -0.15) is 0 Å². The van der Waals surface area contributed by atoms with Crippen LogP contribution in [0.2, 0.25) is 0 Å².